The predicted molar refractivity (Wildman–Crippen MR) is 98.8 cm³/mol. The molecule has 1 amide bonds. The Labute approximate surface area is 140 Å². The average molecular weight is 332 g/mol. The van der Waals surface area contributed by atoms with Gasteiger partial charge in [-0.15, -0.1) is 23.1 Å². The van der Waals surface area contributed by atoms with Crippen LogP contribution in [0.4, 0.5) is 0 Å². The van der Waals surface area contributed by atoms with Crippen LogP contribution in [-0.4, -0.2) is 17.2 Å². The van der Waals surface area contributed by atoms with Crippen molar-refractivity contribution in [1.82, 2.24) is 0 Å². The highest BCUT2D eigenvalue weighted by Gasteiger charge is 2.17. The summed E-state index contributed by atoms with van der Waals surface area (Å²) in [6, 6.07) is 6.15. The summed E-state index contributed by atoms with van der Waals surface area (Å²) in [5, 5.41) is 0.795. The number of thiophene rings is 1. The van der Waals surface area contributed by atoms with Crippen molar-refractivity contribution in [3.05, 3.63) is 55.8 Å². The van der Waals surface area contributed by atoms with E-state index in [1.807, 2.05) is 19.2 Å². The topological polar surface area (TPSA) is 29.4 Å². The van der Waals surface area contributed by atoms with Crippen molar-refractivity contribution < 1.29 is 4.79 Å². The Morgan fingerprint density at radius 2 is 1.64 bits per heavy atom. The smallest absolute Gasteiger partial charge is 0.266 e. The molecule has 2 aromatic rings. The normalized spacial score (nSPS) is 11.8. The van der Waals surface area contributed by atoms with E-state index in [4.69, 9.17) is 0 Å². The van der Waals surface area contributed by atoms with Gasteiger partial charge in [0.2, 0.25) is 0 Å². The van der Waals surface area contributed by atoms with E-state index >= 15 is 0 Å². The molecule has 1 aromatic carbocycles. The first-order valence-corrected chi connectivity index (χ1v) is 9.21. The highest BCUT2D eigenvalue weighted by atomic mass is 32.2. The third kappa shape index (κ3) is 3.18. The van der Waals surface area contributed by atoms with Crippen molar-refractivity contribution in [3.63, 3.8) is 0 Å². The van der Waals surface area contributed by atoms with Gasteiger partial charge in [-0.25, -0.2) is 4.99 Å². The first kappa shape index (κ1) is 17.0. The van der Waals surface area contributed by atoms with Crippen LogP contribution in [0.2, 0.25) is 0 Å². The lowest BCUT2D eigenvalue weighted by molar-refractivity contribution is 0.101. The molecular weight excluding hydrogens is 310 g/mol. The maximum absolute atomic E-state index is 12.6. The molecule has 0 N–H and O–H groups in total. The van der Waals surface area contributed by atoms with Crippen LogP contribution in [0.3, 0.4) is 0 Å². The Morgan fingerprint density at radius 3 is 2.09 bits per heavy atom. The molecule has 0 aliphatic heterocycles. The van der Waals surface area contributed by atoms with E-state index < -0.39 is 0 Å². The molecule has 0 unspecified atom stereocenters. The summed E-state index contributed by atoms with van der Waals surface area (Å²) in [5.74, 6) is -0.134. The molecule has 0 radical (unpaired) electrons. The van der Waals surface area contributed by atoms with Crippen molar-refractivity contribution in [2.75, 3.05) is 6.26 Å². The Morgan fingerprint density at radius 1 is 1.05 bits per heavy atom. The summed E-state index contributed by atoms with van der Waals surface area (Å²) < 4.78 is 0. The second-order valence-electron chi connectivity index (χ2n) is 5.43. The zero-order valence-corrected chi connectivity index (χ0v) is 15.5. The quantitative estimate of drug-likeness (QED) is 0.556. The fourth-order valence-corrected chi connectivity index (χ4v) is 4.19. The Hall–Kier alpha value is -1.39. The van der Waals surface area contributed by atoms with Gasteiger partial charge in [0.25, 0.3) is 5.91 Å². The molecule has 116 valence electrons. The van der Waals surface area contributed by atoms with Crippen LogP contribution in [0.5, 0.6) is 0 Å². The number of nitrogens with zero attached hydrogens (tertiary/aromatic N) is 1. The van der Waals surface area contributed by atoms with Gasteiger partial charge >= 0.3 is 0 Å². The number of rotatable bonds is 2. The summed E-state index contributed by atoms with van der Waals surface area (Å²) in [4.78, 5) is 19.0. The maximum atomic E-state index is 12.6. The molecule has 2 rings (SSSR count). The van der Waals surface area contributed by atoms with E-state index in [9.17, 15) is 4.79 Å². The summed E-state index contributed by atoms with van der Waals surface area (Å²) >= 11 is 3.06. The monoisotopic (exact) mass is 331 g/mol. The zero-order valence-electron chi connectivity index (χ0n) is 13.9. The molecule has 4 heteroatoms. The second-order valence-corrected chi connectivity index (χ2v) is 7.45. The Balaban J connectivity index is 2.49. The minimum Gasteiger partial charge on any atom is -0.266 e. The molecule has 0 saturated heterocycles. The van der Waals surface area contributed by atoms with E-state index in [-0.39, 0.29) is 5.91 Å². The summed E-state index contributed by atoms with van der Waals surface area (Å²) in [5.41, 5.74) is 5.62. The molecule has 0 fully saturated rings. The molecule has 22 heavy (non-hydrogen) atoms. The number of amides is 1. The second kappa shape index (κ2) is 6.80. The number of carbonyl (C=O) groups is 1. The molecule has 1 heterocycles. The molecule has 2 nitrogen and oxygen atoms in total. The van der Waals surface area contributed by atoms with E-state index in [0.717, 1.165) is 32.2 Å². The fourth-order valence-electron chi connectivity index (χ4n) is 2.44. The van der Waals surface area contributed by atoms with Crippen molar-refractivity contribution in [1.29, 1.82) is 0 Å². The van der Waals surface area contributed by atoms with Crippen LogP contribution in [0.1, 0.15) is 42.4 Å². The van der Waals surface area contributed by atoms with Crippen LogP contribution in [0.15, 0.2) is 23.2 Å². The van der Waals surface area contributed by atoms with Gasteiger partial charge in [0.1, 0.15) is 5.04 Å². The first-order chi connectivity index (χ1) is 10.4. The lowest BCUT2D eigenvalue weighted by atomic mass is 10.0. The Kier molecular flexibility index (Phi) is 5.24. The first-order valence-electron chi connectivity index (χ1n) is 7.17. The number of aryl methyl sites for hydroxylation is 3. The summed E-state index contributed by atoms with van der Waals surface area (Å²) in [6.45, 7) is 10.2. The number of benzene rings is 1. The minimum absolute atomic E-state index is 0.134. The average Bonchev–Trinajstić information content (AvgIpc) is 2.73. The predicted octanol–water partition coefficient (Wildman–Crippen LogP) is 5.24. The number of aliphatic imine (C=N–C) groups is 1. The van der Waals surface area contributed by atoms with Crippen molar-refractivity contribution in [3.8, 4) is 0 Å². The van der Waals surface area contributed by atoms with E-state index in [1.54, 1.807) is 0 Å². The summed E-state index contributed by atoms with van der Waals surface area (Å²) in [6.07, 6.45) is 1.97. The summed E-state index contributed by atoms with van der Waals surface area (Å²) in [7, 11) is 0. The number of hydrogen-bond acceptors (Lipinski definition) is 3. The highest BCUT2D eigenvalue weighted by molar-refractivity contribution is 8.13. The molecule has 0 aliphatic rings. The van der Waals surface area contributed by atoms with Crippen molar-refractivity contribution in [2.45, 2.75) is 34.6 Å². The van der Waals surface area contributed by atoms with Gasteiger partial charge in [-0.1, -0.05) is 18.2 Å². The van der Waals surface area contributed by atoms with Crippen LogP contribution in [0.25, 0.3) is 0 Å². The lowest BCUT2D eigenvalue weighted by Gasteiger charge is -2.10. The van der Waals surface area contributed by atoms with E-state index in [0.29, 0.717) is 0 Å². The van der Waals surface area contributed by atoms with E-state index in [1.165, 1.54) is 33.5 Å². The molecular formula is C18H21NOS2. The number of thioether (sulfide) groups is 1. The number of carbonyl (C=O) groups excluding carboxylic acids is 1. The number of hydrogen-bond donors (Lipinski definition) is 0. The third-order valence-corrected chi connectivity index (χ3v) is 5.95. The Bertz CT molecular complexity index is 736. The van der Waals surface area contributed by atoms with Gasteiger partial charge in [0.15, 0.2) is 0 Å². The van der Waals surface area contributed by atoms with Gasteiger partial charge in [0.05, 0.1) is 4.88 Å². The zero-order chi connectivity index (χ0) is 16.4. The minimum atomic E-state index is -0.134. The lowest BCUT2D eigenvalue weighted by Crippen LogP contribution is -2.06. The van der Waals surface area contributed by atoms with Crippen molar-refractivity contribution >= 4 is 34.0 Å². The third-order valence-electron chi connectivity index (χ3n) is 3.97. The van der Waals surface area contributed by atoms with Gasteiger partial charge in [-0.3, -0.25) is 4.79 Å². The molecule has 0 aliphatic carbocycles. The van der Waals surface area contributed by atoms with Gasteiger partial charge in [-0.05, 0) is 63.1 Å². The molecule has 0 atom stereocenters. The van der Waals surface area contributed by atoms with Crippen LogP contribution in [-0.2, 0) is 0 Å². The van der Waals surface area contributed by atoms with Gasteiger partial charge < -0.3 is 0 Å². The van der Waals surface area contributed by atoms with Crippen LogP contribution < -0.4 is 0 Å². The SMILES string of the molecule is CSC(=NC(=O)c1sc(C)c(C)c1C)c1c(C)cccc1C. The maximum Gasteiger partial charge on any atom is 0.288 e. The molecule has 0 spiro atoms. The van der Waals surface area contributed by atoms with E-state index in [2.05, 4.69) is 44.8 Å². The van der Waals surface area contributed by atoms with Gasteiger partial charge in [0, 0.05) is 10.4 Å². The van der Waals surface area contributed by atoms with Crippen molar-refractivity contribution in [2.24, 2.45) is 4.99 Å². The standard InChI is InChI=1S/C18H21NOS2/c1-10-8-7-9-11(2)15(10)18(21-6)19-17(20)16-13(4)12(3)14(5)22-16/h7-9H,1-6H3. The van der Waals surface area contributed by atoms with Gasteiger partial charge in [-0.2, -0.15) is 0 Å². The molecule has 0 bridgehead atoms. The van der Waals surface area contributed by atoms with Crippen LogP contribution in [0, 0.1) is 34.6 Å². The highest BCUT2D eigenvalue weighted by Crippen LogP contribution is 2.28. The molecule has 0 saturated carbocycles. The fraction of sp³-hybridized carbons (Fsp3) is 0.333. The largest absolute Gasteiger partial charge is 0.288 e. The molecule has 1 aromatic heterocycles. The van der Waals surface area contributed by atoms with Crippen LogP contribution >= 0.6 is 23.1 Å².